The number of hydrogen-bond acceptors (Lipinski definition) is 8. The number of rotatable bonds is 7. The highest BCUT2D eigenvalue weighted by atomic mass is 19.1. The van der Waals surface area contributed by atoms with Crippen molar-refractivity contribution in [2.45, 2.75) is 6.92 Å². The minimum absolute atomic E-state index is 0.123. The van der Waals surface area contributed by atoms with Gasteiger partial charge in [-0.15, -0.1) is 0 Å². The number of halogens is 1. The zero-order chi connectivity index (χ0) is 24.2. The summed E-state index contributed by atoms with van der Waals surface area (Å²) in [6.45, 7) is 1.11. The summed E-state index contributed by atoms with van der Waals surface area (Å²) in [4.78, 5) is 29.7. The van der Waals surface area contributed by atoms with Crippen molar-refractivity contribution in [3.8, 4) is 22.8 Å². The number of methoxy groups -OCH3 is 2. The third-order valence-electron chi connectivity index (χ3n) is 4.99. The number of carbonyl (C=O) groups is 2. The lowest BCUT2D eigenvalue weighted by molar-refractivity contribution is -0.119. The summed E-state index contributed by atoms with van der Waals surface area (Å²) >= 11 is 0. The predicted molar refractivity (Wildman–Crippen MR) is 120 cm³/mol. The normalized spacial score (nSPS) is 10.7. The molecule has 0 saturated heterocycles. The van der Waals surface area contributed by atoms with Crippen LogP contribution in [0.4, 0.5) is 10.1 Å². The minimum Gasteiger partial charge on any atom is -0.497 e. The lowest BCUT2D eigenvalue weighted by Crippen LogP contribution is -2.21. The van der Waals surface area contributed by atoms with Gasteiger partial charge in [0, 0.05) is 11.6 Å². The van der Waals surface area contributed by atoms with E-state index in [9.17, 15) is 14.0 Å². The highest BCUT2D eigenvalue weighted by molar-refractivity contribution is 6.05. The molecule has 0 bridgehead atoms. The summed E-state index contributed by atoms with van der Waals surface area (Å²) in [5.74, 6) is -0.788. The van der Waals surface area contributed by atoms with Crippen LogP contribution in [0, 0.1) is 12.7 Å². The van der Waals surface area contributed by atoms with Gasteiger partial charge in [-0.3, -0.25) is 4.79 Å². The van der Waals surface area contributed by atoms with Crippen LogP contribution in [0.25, 0.3) is 22.4 Å². The highest BCUT2D eigenvalue weighted by Crippen LogP contribution is 2.30. The second-order valence-corrected chi connectivity index (χ2v) is 7.20. The van der Waals surface area contributed by atoms with Crippen molar-refractivity contribution < 1.29 is 32.7 Å². The smallest absolute Gasteiger partial charge is 0.339 e. The van der Waals surface area contributed by atoms with E-state index in [2.05, 4.69) is 15.5 Å². The first-order valence-electron chi connectivity index (χ1n) is 10.1. The molecular formula is C24H20FN3O6. The lowest BCUT2D eigenvalue weighted by Gasteiger charge is -2.12. The van der Waals surface area contributed by atoms with E-state index in [1.54, 1.807) is 25.1 Å². The maximum absolute atomic E-state index is 13.3. The van der Waals surface area contributed by atoms with Gasteiger partial charge in [0.05, 0.1) is 42.2 Å². The van der Waals surface area contributed by atoms with E-state index in [4.69, 9.17) is 18.7 Å². The van der Waals surface area contributed by atoms with Gasteiger partial charge in [-0.25, -0.2) is 14.2 Å². The van der Waals surface area contributed by atoms with Crippen molar-refractivity contribution in [1.82, 2.24) is 10.1 Å². The number of carbonyl (C=O) groups excluding carboxylic acids is 2. The molecule has 0 aliphatic carbocycles. The number of pyridine rings is 1. The molecule has 2 heterocycles. The van der Waals surface area contributed by atoms with Crippen LogP contribution in [-0.4, -0.2) is 42.8 Å². The van der Waals surface area contributed by atoms with Crippen LogP contribution in [0.5, 0.6) is 11.5 Å². The van der Waals surface area contributed by atoms with E-state index < -0.39 is 24.3 Å². The van der Waals surface area contributed by atoms with Gasteiger partial charge in [-0.2, -0.15) is 0 Å². The van der Waals surface area contributed by atoms with Gasteiger partial charge in [0.1, 0.15) is 17.3 Å². The highest BCUT2D eigenvalue weighted by Gasteiger charge is 2.21. The monoisotopic (exact) mass is 465 g/mol. The summed E-state index contributed by atoms with van der Waals surface area (Å²) in [7, 11) is 2.97. The Kier molecular flexibility index (Phi) is 6.39. The molecule has 9 nitrogen and oxygen atoms in total. The number of aromatic nitrogens is 2. The number of benzene rings is 2. The number of amides is 1. The molecule has 0 unspecified atom stereocenters. The molecule has 0 radical (unpaired) electrons. The SMILES string of the molecule is COc1ccc(NC(=O)COC(=O)c2cc(-c3ccc(F)cc3)nc3onc(C)c23)c(OC)c1. The van der Waals surface area contributed by atoms with Gasteiger partial charge in [-0.1, -0.05) is 5.16 Å². The van der Waals surface area contributed by atoms with Gasteiger partial charge in [0.25, 0.3) is 11.6 Å². The summed E-state index contributed by atoms with van der Waals surface area (Å²) in [6, 6.07) is 12.0. The molecule has 0 saturated carbocycles. The molecule has 1 N–H and O–H groups in total. The zero-order valence-electron chi connectivity index (χ0n) is 18.5. The Morgan fingerprint density at radius 3 is 2.53 bits per heavy atom. The quantitative estimate of drug-likeness (QED) is 0.405. The topological polar surface area (TPSA) is 113 Å². The second-order valence-electron chi connectivity index (χ2n) is 7.20. The number of nitrogens with one attached hydrogen (secondary N) is 1. The van der Waals surface area contributed by atoms with E-state index >= 15 is 0 Å². The molecule has 0 aliphatic rings. The predicted octanol–water partition coefficient (Wildman–Crippen LogP) is 4.15. The molecule has 1 amide bonds. The number of hydrogen-bond donors (Lipinski definition) is 1. The Bertz CT molecular complexity index is 1370. The van der Waals surface area contributed by atoms with Crippen LogP contribution in [0.1, 0.15) is 16.1 Å². The standard InChI is InChI=1S/C24H20FN3O6/c1-13-22-17(11-19(27-23(22)34-28-13)14-4-6-15(25)7-5-14)24(30)33-12-21(29)26-18-9-8-16(31-2)10-20(18)32-3/h4-11H,12H2,1-3H3,(H,26,29). The van der Waals surface area contributed by atoms with Gasteiger partial charge in [-0.05, 0) is 49.4 Å². The van der Waals surface area contributed by atoms with Crippen molar-refractivity contribution in [3.05, 3.63) is 65.6 Å². The Labute approximate surface area is 193 Å². The Morgan fingerprint density at radius 2 is 1.82 bits per heavy atom. The molecule has 4 rings (SSSR count). The fraction of sp³-hybridized carbons (Fsp3) is 0.167. The molecule has 0 spiro atoms. The number of nitrogens with zero attached hydrogens (tertiary/aromatic N) is 2. The molecule has 2 aromatic heterocycles. The number of aryl methyl sites for hydroxylation is 1. The van der Waals surface area contributed by atoms with E-state index in [-0.39, 0.29) is 11.3 Å². The van der Waals surface area contributed by atoms with E-state index in [0.717, 1.165) is 0 Å². The average molecular weight is 465 g/mol. The minimum atomic E-state index is -0.765. The fourth-order valence-electron chi connectivity index (χ4n) is 3.32. The van der Waals surface area contributed by atoms with Crippen LogP contribution in [0.15, 0.2) is 53.1 Å². The van der Waals surface area contributed by atoms with Crippen LogP contribution >= 0.6 is 0 Å². The van der Waals surface area contributed by atoms with Gasteiger partial charge in [0.15, 0.2) is 6.61 Å². The lowest BCUT2D eigenvalue weighted by atomic mass is 10.1. The van der Waals surface area contributed by atoms with E-state index in [0.29, 0.717) is 39.5 Å². The first-order valence-corrected chi connectivity index (χ1v) is 10.1. The molecular weight excluding hydrogens is 445 g/mol. The van der Waals surface area contributed by atoms with Crippen LogP contribution in [-0.2, 0) is 9.53 Å². The fourth-order valence-corrected chi connectivity index (χ4v) is 3.32. The van der Waals surface area contributed by atoms with Gasteiger partial charge in [0.2, 0.25) is 0 Å². The number of fused-ring (bicyclic) bond motifs is 1. The molecule has 10 heteroatoms. The van der Waals surface area contributed by atoms with E-state index in [1.165, 1.54) is 44.6 Å². The average Bonchev–Trinajstić information content (AvgIpc) is 3.23. The second kappa shape index (κ2) is 9.57. The van der Waals surface area contributed by atoms with Crippen molar-refractivity contribution in [1.29, 1.82) is 0 Å². The van der Waals surface area contributed by atoms with Crippen LogP contribution < -0.4 is 14.8 Å². The maximum atomic E-state index is 13.3. The van der Waals surface area contributed by atoms with Crippen molar-refractivity contribution in [2.75, 3.05) is 26.1 Å². The first kappa shape index (κ1) is 22.7. The molecule has 2 aromatic carbocycles. The van der Waals surface area contributed by atoms with Crippen molar-refractivity contribution >= 4 is 28.7 Å². The third-order valence-corrected chi connectivity index (χ3v) is 4.99. The maximum Gasteiger partial charge on any atom is 0.339 e. The largest absolute Gasteiger partial charge is 0.497 e. The van der Waals surface area contributed by atoms with E-state index in [1.807, 2.05) is 0 Å². The summed E-state index contributed by atoms with van der Waals surface area (Å²) < 4.78 is 34.2. The third kappa shape index (κ3) is 4.65. The van der Waals surface area contributed by atoms with Gasteiger partial charge >= 0.3 is 5.97 Å². The number of ether oxygens (including phenoxy) is 3. The first-order chi connectivity index (χ1) is 16.4. The summed E-state index contributed by atoms with van der Waals surface area (Å²) in [5.41, 5.74) is 2.01. The molecule has 4 aromatic rings. The summed E-state index contributed by atoms with van der Waals surface area (Å²) in [5, 5.41) is 6.86. The number of anilines is 1. The van der Waals surface area contributed by atoms with Crippen LogP contribution in [0.3, 0.4) is 0 Å². The molecule has 174 valence electrons. The van der Waals surface area contributed by atoms with Crippen molar-refractivity contribution in [3.63, 3.8) is 0 Å². The molecule has 0 aliphatic heterocycles. The molecule has 0 atom stereocenters. The zero-order valence-corrected chi connectivity index (χ0v) is 18.5. The Morgan fingerprint density at radius 1 is 1.06 bits per heavy atom. The summed E-state index contributed by atoms with van der Waals surface area (Å²) in [6.07, 6.45) is 0. The van der Waals surface area contributed by atoms with Crippen LogP contribution in [0.2, 0.25) is 0 Å². The Hall–Kier alpha value is -4.47. The van der Waals surface area contributed by atoms with Crippen molar-refractivity contribution in [2.24, 2.45) is 0 Å². The molecule has 34 heavy (non-hydrogen) atoms. The number of esters is 1. The Balaban J connectivity index is 1.54. The molecule has 0 fully saturated rings. The van der Waals surface area contributed by atoms with Gasteiger partial charge < -0.3 is 24.1 Å².